The number of hydrogen-bond donors (Lipinski definition) is 1. The molecule has 1 rings (SSSR count). The molecule has 0 aliphatic rings. The normalized spacial score (nSPS) is 13.8. The Kier molecular flexibility index (Phi) is 4.20. The van der Waals surface area contributed by atoms with Crippen LogP contribution in [0, 0.1) is 0 Å². The Balaban J connectivity index is 2.88. The smallest absolute Gasteiger partial charge is 0.105 e. The molecule has 1 unspecified atom stereocenters. The zero-order valence-electron chi connectivity index (χ0n) is 8.95. The Bertz CT molecular complexity index is 292. The van der Waals surface area contributed by atoms with Crippen molar-refractivity contribution in [1.29, 1.82) is 0 Å². The predicted octanol–water partition coefficient (Wildman–Crippen LogP) is 2.50. The molecule has 76 valence electrons. The first-order valence-corrected chi connectivity index (χ1v) is 4.71. The van der Waals surface area contributed by atoms with Gasteiger partial charge < -0.3 is 10.1 Å². The summed E-state index contributed by atoms with van der Waals surface area (Å²) in [5, 5.41) is 3.01. The maximum Gasteiger partial charge on any atom is 0.105 e. The van der Waals surface area contributed by atoms with Crippen molar-refractivity contribution < 1.29 is 4.74 Å². The molecule has 0 saturated carbocycles. The second-order valence-electron chi connectivity index (χ2n) is 3.20. The molecule has 0 saturated heterocycles. The third-order valence-electron chi connectivity index (χ3n) is 2.12. The molecule has 0 aliphatic carbocycles. The van der Waals surface area contributed by atoms with E-state index in [0.29, 0.717) is 0 Å². The monoisotopic (exact) mass is 191 g/mol. The van der Waals surface area contributed by atoms with E-state index in [9.17, 15) is 0 Å². The number of hydrogen-bond acceptors (Lipinski definition) is 2. The summed E-state index contributed by atoms with van der Waals surface area (Å²) in [7, 11) is 3.62. The summed E-state index contributed by atoms with van der Waals surface area (Å²) in [6.45, 7) is 2.05. The van der Waals surface area contributed by atoms with E-state index in [1.54, 1.807) is 7.11 Å². The van der Waals surface area contributed by atoms with Crippen LogP contribution in [-0.2, 0) is 4.74 Å². The van der Waals surface area contributed by atoms with Gasteiger partial charge in [0.05, 0.1) is 0 Å². The second kappa shape index (κ2) is 5.45. The first-order chi connectivity index (χ1) is 6.79. The van der Waals surface area contributed by atoms with E-state index >= 15 is 0 Å². The van der Waals surface area contributed by atoms with Crippen molar-refractivity contribution in [3.8, 4) is 0 Å². The van der Waals surface area contributed by atoms with Crippen LogP contribution < -0.4 is 5.32 Å². The van der Waals surface area contributed by atoms with Crippen LogP contribution in [0.5, 0.6) is 0 Å². The van der Waals surface area contributed by atoms with E-state index < -0.39 is 0 Å². The van der Waals surface area contributed by atoms with E-state index in [4.69, 9.17) is 4.74 Å². The lowest BCUT2D eigenvalue weighted by Gasteiger charge is -2.16. The minimum Gasteiger partial charge on any atom is -0.394 e. The van der Waals surface area contributed by atoms with Crippen LogP contribution in [0.2, 0.25) is 0 Å². The molecule has 1 aromatic rings. The van der Waals surface area contributed by atoms with Crippen LogP contribution in [-0.4, -0.2) is 14.2 Å². The van der Waals surface area contributed by atoms with Gasteiger partial charge in [0.25, 0.3) is 0 Å². The highest BCUT2D eigenvalue weighted by Gasteiger charge is 2.10. The van der Waals surface area contributed by atoms with Gasteiger partial charge in [0.1, 0.15) is 6.10 Å². The molecule has 0 amide bonds. The summed E-state index contributed by atoms with van der Waals surface area (Å²) in [6, 6.07) is 10.2. The number of nitrogens with one attached hydrogen (secondary N) is 1. The lowest BCUT2D eigenvalue weighted by Crippen LogP contribution is -2.06. The summed E-state index contributed by atoms with van der Waals surface area (Å²) in [5.41, 5.74) is 2.35. The van der Waals surface area contributed by atoms with Gasteiger partial charge in [-0.3, -0.25) is 0 Å². The zero-order valence-corrected chi connectivity index (χ0v) is 8.95. The molecule has 0 spiro atoms. The van der Waals surface area contributed by atoms with Gasteiger partial charge in [0.15, 0.2) is 0 Å². The number of methoxy groups -OCH3 is 1. The molecule has 1 aromatic carbocycles. The zero-order chi connectivity index (χ0) is 10.4. The summed E-state index contributed by atoms with van der Waals surface area (Å²) in [5.74, 6) is 0. The number of benzene rings is 1. The fourth-order valence-electron chi connectivity index (χ4n) is 1.52. The highest BCUT2D eigenvalue weighted by Crippen LogP contribution is 2.23. The molecule has 1 N–H and O–H groups in total. The van der Waals surface area contributed by atoms with Crippen LogP contribution in [0.1, 0.15) is 18.6 Å². The average Bonchev–Trinajstić information content (AvgIpc) is 2.21. The summed E-state index contributed by atoms with van der Waals surface area (Å²) >= 11 is 0. The predicted molar refractivity (Wildman–Crippen MR) is 59.0 cm³/mol. The maximum absolute atomic E-state index is 5.44. The fourth-order valence-corrected chi connectivity index (χ4v) is 1.52. The molecule has 0 aliphatic heterocycles. The highest BCUT2D eigenvalue weighted by molar-refractivity contribution is 5.25. The molecule has 14 heavy (non-hydrogen) atoms. The molecule has 0 aromatic heterocycles. The Labute approximate surface area is 85.6 Å². The van der Waals surface area contributed by atoms with Crippen molar-refractivity contribution in [2.24, 2.45) is 0 Å². The Morgan fingerprint density at radius 2 is 2.00 bits per heavy atom. The van der Waals surface area contributed by atoms with Crippen molar-refractivity contribution in [3.05, 3.63) is 47.7 Å². The maximum atomic E-state index is 5.44. The number of ether oxygens (including phenoxy) is 1. The fraction of sp³-hybridized carbons (Fsp3) is 0.333. The molecule has 0 radical (unpaired) electrons. The van der Waals surface area contributed by atoms with Crippen LogP contribution >= 0.6 is 0 Å². The molecule has 2 heteroatoms. The van der Waals surface area contributed by atoms with Crippen LogP contribution in [0.4, 0.5) is 0 Å². The van der Waals surface area contributed by atoms with Crippen LogP contribution in [0.3, 0.4) is 0 Å². The van der Waals surface area contributed by atoms with E-state index in [0.717, 1.165) is 0 Å². The van der Waals surface area contributed by atoms with Crippen molar-refractivity contribution in [2.45, 2.75) is 13.0 Å². The second-order valence-corrected chi connectivity index (χ2v) is 3.20. The van der Waals surface area contributed by atoms with Gasteiger partial charge in [0, 0.05) is 14.2 Å². The minimum atomic E-state index is 0.0450. The van der Waals surface area contributed by atoms with Crippen molar-refractivity contribution >= 4 is 0 Å². The van der Waals surface area contributed by atoms with Gasteiger partial charge in [-0.2, -0.15) is 0 Å². The SMILES string of the molecule is CN/C=C(\C)C(OC)c1ccccc1. The topological polar surface area (TPSA) is 21.3 Å². The molecule has 0 bridgehead atoms. The first-order valence-electron chi connectivity index (χ1n) is 4.71. The Morgan fingerprint density at radius 1 is 1.36 bits per heavy atom. The van der Waals surface area contributed by atoms with Gasteiger partial charge >= 0.3 is 0 Å². The molecule has 1 atom stereocenters. The van der Waals surface area contributed by atoms with Crippen molar-refractivity contribution in [3.63, 3.8) is 0 Å². The lowest BCUT2D eigenvalue weighted by molar-refractivity contribution is 0.132. The molecule has 0 fully saturated rings. The quantitative estimate of drug-likeness (QED) is 0.789. The molecular weight excluding hydrogens is 174 g/mol. The van der Waals surface area contributed by atoms with E-state index in [1.165, 1.54) is 11.1 Å². The Hall–Kier alpha value is -1.28. The first kappa shape index (κ1) is 10.8. The Morgan fingerprint density at radius 3 is 2.50 bits per heavy atom. The molecule has 2 nitrogen and oxygen atoms in total. The number of rotatable bonds is 4. The highest BCUT2D eigenvalue weighted by atomic mass is 16.5. The summed E-state index contributed by atoms with van der Waals surface area (Å²) in [4.78, 5) is 0. The molecular formula is C12H17NO. The van der Waals surface area contributed by atoms with Gasteiger partial charge in [-0.25, -0.2) is 0 Å². The third kappa shape index (κ3) is 2.60. The van der Waals surface area contributed by atoms with E-state index in [-0.39, 0.29) is 6.10 Å². The van der Waals surface area contributed by atoms with Crippen molar-refractivity contribution in [2.75, 3.05) is 14.2 Å². The molecule has 0 heterocycles. The largest absolute Gasteiger partial charge is 0.394 e. The van der Waals surface area contributed by atoms with Crippen LogP contribution in [0.15, 0.2) is 42.1 Å². The van der Waals surface area contributed by atoms with Gasteiger partial charge in [-0.05, 0) is 24.3 Å². The van der Waals surface area contributed by atoms with Crippen LogP contribution in [0.25, 0.3) is 0 Å². The van der Waals surface area contributed by atoms with E-state index in [2.05, 4.69) is 24.4 Å². The standard InChI is InChI=1S/C12H17NO/c1-10(9-13-2)12(14-3)11-7-5-4-6-8-11/h4-9,12-13H,1-3H3/b10-9+. The summed E-state index contributed by atoms with van der Waals surface area (Å²) < 4.78 is 5.44. The lowest BCUT2D eigenvalue weighted by atomic mass is 10.0. The van der Waals surface area contributed by atoms with Gasteiger partial charge in [0.2, 0.25) is 0 Å². The summed E-state index contributed by atoms with van der Waals surface area (Å²) in [6.07, 6.45) is 2.00. The van der Waals surface area contributed by atoms with E-state index in [1.807, 2.05) is 31.4 Å². The average molecular weight is 191 g/mol. The van der Waals surface area contributed by atoms with Gasteiger partial charge in [-0.15, -0.1) is 0 Å². The third-order valence-corrected chi connectivity index (χ3v) is 2.12. The minimum absolute atomic E-state index is 0.0450. The van der Waals surface area contributed by atoms with Gasteiger partial charge in [-0.1, -0.05) is 30.3 Å². The van der Waals surface area contributed by atoms with Crippen molar-refractivity contribution in [1.82, 2.24) is 5.32 Å².